The van der Waals surface area contributed by atoms with E-state index in [-0.39, 0.29) is 19.6 Å². The highest BCUT2D eigenvalue weighted by Gasteiger charge is 2.16. The second kappa shape index (κ2) is 7.49. The number of hydrogen-bond donors (Lipinski definition) is 2. The Labute approximate surface area is 123 Å². The highest BCUT2D eigenvalue weighted by molar-refractivity contribution is 5.77. The summed E-state index contributed by atoms with van der Waals surface area (Å²) in [5.74, 6) is -0.449. The van der Waals surface area contributed by atoms with Crippen LogP contribution in [0.1, 0.15) is 11.1 Å². The van der Waals surface area contributed by atoms with Gasteiger partial charge in [0, 0.05) is 6.54 Å². The van der Waals surface area contributed by atoms with Crippen LogP contribution >= 0.6 is 0 Å². The molecular formula is C14H20N2O5. The lowest BCUT2D eigenvalue weighted by molar-refractivity contribution is -0.138. The smallest absolute Gasteiger partial charge is 0.317 e. The molecule has 0 saturated heterocycles. The van der Waals surface area contributed by atoms with Crippen LogP contribution in [0.5, 0.6) is 11.5 Å². The summed E-state index contributed by atoms with van der Waals surface area (Å²) in [7, 11) is 3.07. The molecule has 3 N–H and O–H groups in total. The summed E-state index contributed by atoms with van der Waals surface area (Å²) in [5, 5.41) is 8.89. The average molecular weight is 296 g/mol. The minimum Gasteiger partial charge on any atom is -0.493 e. The van der Waals surface area contributed by atoms with Crippen molar-refractivity contribution in [3.8, 4) is 11.5 Å². The van der Waals surface area contributed by atoms with Crippen LogP contribution in [0, 0.1) is 6.92 Å². The molecule has 1 aromatic rings. The number of rotatable bonds is 8. The maximum atomic E-state index is 11.0. The van der Waals surface area contributed by atoms with Gasteiger partial charge in [-0.25, -0.2) is 0 Å². The second-order valence-corrected chi connectivity index (χ2v) is 4.64. The Hall–Kier alpha value is -2.28. The van der Waals surface area contributed by atoms with Gasteiger partial charge in [0.05, 0.1) is 27.3 Å². The molecule has 0 radical (unpaired) electrons. The van der Waals surface area contributed by atoms with Crippen LogP contribution in [0.2, 0.25) is 0 Å². The largest absolute Gasteiger partial charge is 0.493 e. The Balaban J connectivity index is 3.01. The molecule has 0 heterocycles. The fourth-order valence-electron chi connectivity index (χ4n) is 2.01. The first-order valence-corrected chi connectivity index (χ1v) is 6.31. The number of nitrogens with two attached hydrogens (primary N) is 1. The fraction of sp³-hybridized carbons (Fsp3) is 0.429. The van der Waals surface area contributed by atoms with E-state index in [9.17, 15) is 9.59 Å². The van der Waals surface area contributed by atoms with E-state index >= 15 is 0 Å². The maximum absolute atomic E-state index is 11.0. The lowest BCUT2D eigenvalue weighted by Gasteiger charge is -2.20. The van der Waals surface area contributed by atoms with Crippen molar-refractivity contribution in [2.75, 3.05) is 27.3 Å². The molecule has 116 valence electrons. The monoisotopic (exact) mass is 296 g/mol. The molecular weight excluding hydrogens is 276 g/mol. The number of primary amides is 1. The highest BCUT2D eigenvalue weighted by atomic mass is 16.5. The first-order valence-electron chi connectivity index (χ1n) is 6.31. The normalized spacial score (nSPS) is 10.5. The van der Waals surface area contributed by atoms with Crippen molar-refractivity contribution >= 4 is 11.9 Å². The Bertz CT molecular complexity index is 514. The minimum absolute atomic E-state index is 0.125. The van der Waals surface area contributed by atoms with E-state index in [0.717, 1.165) is 11.1 Å². The van der Waals surface area contributed by atoms with E-state index in [0.29, 0.717) is 11.5 Å². The number of nitrogens with zero attached hydrogens (tertiary/aromatic N) is 1. The van der Waals surface area contributed by atoms with E-state index in [2.05, 4.69) is 0 Å². The zero-order valence-electron chi connectivity index (χ0n) is 12.4. The number of benzene rings is 1. The molecule has 0 saturated carbocycles. The third kappa shape index (κ3) is 4.96. The summed E-state index contributed by atoms with van der Waals surface area (Å²) in [6, 6.07) is 3.57. The van der Waals surface area contributed by atoms with Crippen molar-refractivity contribution in [2.45, 2.75) is 13.5 Å². The molecule has 0 fully saturated rings. The Morgan fingerprint density at radius 2 is 1.76 bits per heavy atom. The first-order chi connectivity index (χ1) is 9.87. The third-order valence-electron chi connectivity index (χ3n) is 2.97. The molecule has 1 rings (SSSR count). The number of methoxy groups -OCH3 is 2. The quantitative estimate of drug-likeness (QED) is 0.719. The van der Waals surface area contributed by atoms with E-state index in [1.807, 2.05) is 6.92 Å². The van der Waals surface area contributed by atoms with Crippen molar-refractivity contribution < 1.29 is 24.2 Å². The van der Waals surface area contributed by atoms with E-state index in [1.54, 1.807) is 19.2 Å². The van der Waals surface area contributed by atoms with Gasteiger partial charge < -0.3 is 20.3 Å². The zero-order chi connectivity index (χ0) is 16.0. The zero-order valence-corrected chi connectivity index (χ0v) is 12.4. The predicted octanol–water partition coefficient (Wildman–Crippen LogP) is 0.384. The topological polar surface area (TPSA) is 102 Å². The lowest BCUT2D eigenvalue weighted by Crippen LogP contribution is -2.37. The van der Waals surface area contributed by atoms with Crippen LogP contribution in [0.25, 0.3) is 0 Å². The number of amides is 1. The molecule has 0 unspecified atom stereocenters. The third-order valence-corrected chi connectivity index (χ3v) is 2.97. The van der Waals surface area contributed by atoms with E-state index in [4.69, 9.17) is 20.3 Å². The van der Waals surface area contributed by atoms with Crippen LogP contribution in [-0.4, -0.2) is 49.2 Å². The van der Waals surface area contributed by atoms with Crippen molar-refractivity contribution in [1.29, 1.82) is 0 Å². The van der Waals surface area contributed by atoms with Gasteiger partial charge in [0.25, 0.3) is 0 Å². The van der Waals surface area contributed by atoms with Gasteiger partial charge in [-0.1, -0.05) is 0 Å². The molecule has 0 spiro atoms. The second-order valence-electron chi connectivity index (χ2n) is 4.64. The van der Waals surface area contributed by atoms with Gasteiger partial charge in [0.15, 0.2) is 11.5 Å². The summed E-state index contributed by atoms with van der Waals surface area (Å²) in [4.78, 5) is 23.3. The Kier molecular flexibility index (Phi) is 5.98. The van der Waals surface area contributed by atoms with Crippen LogP contribution in [0.3, 0.4) is 0 Å². The number of hydrogen-bond acceptors (Lipinski definition) is 5. The Morgan fingerprint density at radius 3 is 2.24 bits per heavy atom. The number of carbonyl (C=O) groups is 2. The number of aliphatic carboxylic acids is 1. The number of carbonyl (C=O) groups excluding carboxylic acids is 1. The SMILES string of the molecule is COc1cc(C)c(CN(CC(N)=O)CC(=O)O)cc1OC. The summed E-state index contributed by atoms with van der Waals surface area (Å²) in [6.07, 6.45) is 0. The van der Waals surface area contributed by atoms with E-state index < -0.39 is 11.9 Å². The van der Waals surface area contributed by atoms with Crippen LogP contribution in [0.4, 0.5) is 0 Å². The molecule has 7 heteroatoms. The number of carboxylic acids is 1. The minimum atomic E-state index is -1.02. The predicted molar refractivity (Wildman–Crippen MR) is 76.4 cm³/mol. The van der Waals surface area contributed by atoms with Gasteiger partial charge in [-0.05, 0) is 30.2 Å². The van der Waals surface area contributed by atoms with Crippen molar-refractivity contribution in [2.24, 2.45) is 5.73 Å². The molecule has 0 aliphatic rings. The van der Waals surface area contributed by atoms with Gasteiger partial charge in [-0.3, -0.25) is 14.5 Å². The van der Waals surface area contributed by atoms with Gasteiger partial charge >= 0.3 is 5.97 Å². The van der Waals surface area contributed by atoms with Crippen LogP contribution < -0.4 is 15.2 Å². The van der Waals surface area contributed by atoms with Crippen molar-refractivity contribution in [3.63, 3.8) is 0 Å². The molecule has 0 aromatic heterocycles. The Morgan fingerprint density at radius 1 is 1.19 bits per heavy atom. The van der Waals surface area contributed by atoms with Crippen LogP contribution in [-0.2, 0) is 16.1 Å². The molecule has 0 atom stereocenters. The van der Waals surface area contributed by atoms with Gasteiger partial charge in [0.2, 0.25) is 5.91 Å². The van der Waals surface area contributed by atoms with Crippen molar-refractivity contribution in [3.05, 3.63) is 23.3 Å². The average Bonchev–Trinajstić information content (AvgIpc) is 2.38. The molecule has 0 bridgehead atoms. The highest BCUT2D eigenvalue weighted by Crippen LogP contribution is 2.30. The number of ether oxygens (including phenoxy) is 2. The standard InChI is InChI=1S/C14H20N2O5/c1-9-4-11(20-2)12(21-3)5-10(9)6-16(7-13(15)17)8-14(18)19/h4-5H,6-8H2,1-3H3,(H2,15,17)(H,18,19). The molecule has 0 aliphatic heterocycles. The molecule has 7 nitrogen and oxygen atoms in total. The molecule has 21 heavy (non-hydrogen) atoms. The fourth-order valence-corrected chi connectivity index (χ4v) is 2.01. The van der Waals surface area contributed by atoms with Gasteiger partial charge in [-0.15, -0.1) is 0 Å². The van der Waals surface area contributed by atoms with Crippen molar-refractivity contribution in [1.82, 2.24) is 4.90 Å². The summed E-state index contributed by atoms with van der Waals surface area (Å²) in [5.41, 5.74) is 6.90. The summed E-state index contributed by atoms with van der Waals surface area (Å²) >= 11 is 0. The molecule has 1 aromatic carbocycles. The number of carboxylic acid groups (broad SMARTS) is 1. The molecule has 1 amide bonds. The van der Waals surface area contributed by atoms with Crippen LogP contribution in [0.15, 0.2) is 12.1 Å². The van der Waals surface area contributed by atoms with Gasteiger partial charge in [0.1, 0.15) is 0 Å². The molecule has 0 aliphatic carbocycles. The first kappa shape index (κ1) is 16.8. The lowest BCUT2D eigenvalue weighted by atomic mass is 10.1. The maximum Gasteiger partial charge on any atom is 0.317 e. The van der Waals surface area contributed by atoms with E-state index in [1.165, 1.54) is 12.0 Å². The summed E-state index contributed by atoms with van der Waals surface area (Å²) < 4.78 is 10.4. The van der Waals surface area contributed by atoms with Gasteiger partial charge in [-0.2, -0.15) is 0 Å². The number of aryl methyl sites for hydroxylation is 1. The summed E-state index contributed by atoms with van der Waals surface area (Å²) in [6.45, 7) is 1.76.